The SMILES string of the molecule is CCCCCCCCCC/C=C\CCCCCCCCCCCCCCCCCCCCCCCC(=O)NC(COP(=O)([O-])OCC[N+](C)(C)C)C(O)/C=C/CC/C=C/CC/C=C/CCCCCCCCCCCCCCCCCCCC. The van der Waals surface area contributed by atoms with Gasteiger partial charge in [-0.15, -0.1) is 0 Å². The predicted molar refractivity (Wildman–Crippen MR) is 362 cm³/mol. The second kappa shape index (κ2) is 64.9. The summed E-state index contributed by atoms with van der Waals surface area (Å²) in [5.41, 5.74) is 0. The molecule has 490 valence electrons. The molecule has 0 aromatic rings. The van der Waals surface area contributed by atoms with Gasteiger partial charge in [0.2, 0.25) is 5.91 Å². The topological polar surface area (TPSA) is 108 Å². The van der Waals surface area contributed by atoms with Crippen LogP contribution in [0, 0.1) is 0 Å². The van der Waals surface area contributed by atoms with Gasteiger partial charge in [-0.05, 0) is 70.6 Å². The monoisotopic (exact) mass is 1190 g/mol. The molecule has 3 unspecified atom stereocenters. The molecule has 0 fully saturated rings. The van der Waals surface area contributed by atoms with Gasteiger partial charge in [-0.25, -0.2) is 0 Å². The summed E-state index contributed by atoms with van der Waals surface area (Å²) in [7, 11) is 1.25. The molecule has 0 aromatic carbocycles. The molecule has 0 spiro atoms. The van der Waals surface area contributed by atoms with Crippen LogP contribution in [-0.2, 0) is 18.4 Å². The van der Waals surface area contributed by atoms with E-state index < -0.39 is 26.6 Å². The number of nitrogens with one attached hydrogen (secondary N) is 1. The molecule has 83 heavy (non-hydrogen) atoms. The van der Waals surface area contributed by atoms with Crippen molar-refractivity contribution in [2.45, 2.75) is 379 Å². The number of hydrogen-bond donors (Lipinski definition) is 2. The lowest BCUT2D eigenvalue weighted by molar-refractivity contribution is -0.870. The molecule has 0 saturated carbocycles. The van der Waals surface area contributed by atoms with Crippen LogP contribution >= 0.6 is 7.82 Å². The Morgan fingerprint density at radius 3 is 0.976 bits per heavy atom. The van der Waals surface area contributed by atoms with Crippen molar-refractivity contribution in [3.63, 3.8) is 0 Å². The molecule has 2 N–H and O–H groups in total. The van der Waals surface area contributed by atoms with Gasteiger partial charge in [0.25, 0.3) is 7.82 Å². The van der Waals surface area contributed by atoms with Crippen LogP contribution in [0.4, 0.5) is 0 Å². The average Bonchev–Trinajstić information content (AvgIpc) is 3.49. The minimum Gasteiger partial charge on any atom is -0.756 e. The lowest BCUT2D eigenvalue weighted by Crippen LogP contribution is -2.45. The lowest BCUT2D eigenvalue weighted by Gasteiger charge is -2.29. The van der Waals surface area contributed by atoms with E-state index >= 15 is 0 Å². The summed E-state index contributed by atoms with van der Waals surface area (Å²) in [4.78, 5) is 25.6. The zero-order valence-corrected chi connectivity index (χ0v) is 57.1. The van der Waals surface area contributed by atoms with Crippen LogP contribution in [0.1, 0.15) is 367 Å². The van der Waals surface area contributed by atoms with Crippen LogP contribution in [-0.4, -0.2) is 68.5 Å². The maximum atomic E-state index is 13.0. The highest BCUT2D eigenvalue weighted by Crippen LogP contribution is 2.38. The summed E-state index contributed by atoms with van der Waals surface area (Å²) in [6.07, 6.45) is 88.3. The van der Waals surface area contributed by atoms with Crippen molar-refractivity contribution < 1.29 is 32.9 Å². The average molecular weight is 1190 g/mol. The summed E-state index contributed by atoms with van der Waals surface area (Å²) in [6.45, 7) is 4.68. The smallest absolute Gasteiger partial charge is 0.268 e. The van der Waals surface area contributed by atoms with E-state index in [1.165, 1.54) is 302 Å². The molecule has 1 amide bonds. The van der Waals surface area contributed by atoms with Gasteiger partial charge >= 0.3 is 0 Å². The molecule has 0 radical (unpaired) electrons. The molecule has 0 bridgehead atoms. The maximum Gasteiger partial charge on any atom is 0.268 e. The number of rotatable bonds is 68. The Kier molecular flexibility index (Phi) is 63.7. The Bertz CT molecular complexity index is 1490. The molecule has 0 aliphatic heterocycles. The highest BCUT2D eigenvalue weighted by Gasteiger charge is 2.23. The van der Waals surface area contributed by atoms with E-state index in [4.69, 9.17) is 9.05 Å². The van der Waals surface area contributed by atoms with Crippen molar-refractivity contribution >= 4 is 13.7 Å². The van der Waals surface area contributed by atoms with E-state index in [1.54, 1.807) is 6.08 Å². The first-order valence-corrected chi connectivity index (χ1v) is 38.0. The third-order valence-corrected chi connectivity index (χ3v) is 17.7. The quantitative estimate of drug-likeness (QED) is 0.0272. The van der Waals surface area contributed by atoms with Crippen molar-refractivity contribution in [1.82, 2.24) is 5.32 Å². The number of nitrogens with zero attached hydrogens (tertiary/aromatic N) is 1. The van der Waals surface area contributed by atoms with Gasteiger partial charge in [-0.3, -0.25) is 9.36 Å². The summed E-state index contributed by atoms with van der Waals surface area (Å²) in [5.74, 6) is -0.204. The normalized spacial score (nSPS) is 13.9. The second-order valence-corrected chi connectivity index (χ2v) is 27.7. The fourth-order valence-electron chi connectivity index (χ4n) is 11.1. The molecule has 0 saturated heterocycles. The standard InChI is InChI=1S/C74H143N2O6P/c1-6-8-10-12-14-16-18-20-22-24-26-28-30-32-34-36-37-38-39-40-42-44-46-48-50-52-54-56-58-60-62-64-66-68-74(78)75-72(71-82-83(79,80)81-70-69-76(3,4)5)73(77)67-65-63-61-59-57-55-53-51-49-47-45-43-41-35-33-31-29-27-25-23-21-19-17-15-13-11-9-7-2/h24,26,49,51,57,59,65,67,72-73,77H,6-23,25,27-48,50,52-56,58,60-64,66,68-71H2,1-5H3,(H-,75,78,79,80)/b26-24-,51-49+,59-57+,67-65+. The highest BCUT2D eigenvalue weighted by molar-refractivity contribution is 7.45. The van der Waals surface area contributed by atoms with Gasteiger partial charge in [0.15, 0.2) is 0 Å². The number of amides is 1. The largest absolute Gasteiger partial charge is 0.756 e. The van der Waals surface area contributed by atoms with Gasteiger partial charge in [0.05, 0.1) is 39.9 Å². The molecular formula is C74H143N2O6P. The van der Waals surface area contributed by atoms with Crippen molar-refractivity contribution in [2.75, 3.05) is 40.9 Å². The number of aliphatic hydroxyl groups is 1. The van der Waals surface area contributed by atoms with Gasteiger partial charge in [-0.2, -0.15) is 0 Å². The number of phosphoric ester groups is 1. The minimum atomic E-state index is -4.62. The first-order chi connectivity index (χ1) is 40.5. The fraction of sp³-hybridized carbons (Fsp3) is 0.878. The van der Waals surface area contributed by atoms with Crippen molar-refractivity contribution in [2.24, 2.45) is 0 Å². The van der Waals surface area contributed by atoms with Crippen LogP contribution in [0.2, 0.25) is 0 Å². The Hall–Kier alpha value is -1.54. The van der Waals surface area contributed by atoms with E-state index in [0.717, 1.165) is 44.9 Å². The number of carbonyl (C=O) groups excluding carboxylic acids is 1. The van der Waals surface area contributed by atoms with E-state index in [9.17, 15) is 19.4 Å². The van der Waals surface area contributed by atoms with Gasteiger partial charge in [0, 0.05) is 6.42 Å². The number of quaternary nitrogens is 1. The first kappa shape index (κ1) is 81.5. The number of allylic oxidation sites excluding steroid dienone is 7. The fourth-order valence-corrected chi connectivity index (χ4v) is 11.8. The molecule has 3 atom stereocenters. The highest BCUT2D eigenvalue weighted by atomic mass is 31.2. The Balaban J connectivity index is 4.07. The van der Waals surface area contributed by atoms with Gasteiger partial charge in [0.1, 0.15) is 13.2 Å². The summed E-state index contributed by atoms with van der Waals surface area (Å²) in [6, 6.07) is -0.911. The minimum absolute atomic E-state index is 0.00797. The molecular weight excluding hydrogens is 1040 g/mol. The predicted octanol–water partition coefficient (Wildman–Crippen LogP) is 22.8. The second-order valence-electron chi connectivity index (χ2n) is 26.3. The number of likely N-dealkylation sites (N-methyl/N-ethyl adjacent to an activating group) is 1. The molecule has 0 aromatic heterocycles. The van der Waals surface area contributed by atoms with E-state index in [0.29, 0.717) is 17.4 Å². The van der Waals surface area contributed by atoms with E-state index in [-0.39, 0.29) is 12.5 Å². The van der Waals surface area contributed by atoms with Crippen LogP contribution in [0.3, 0.4) is 0 Å². The zero-order chi connectivity index (χ0) is 60.5. The van der Waals surface area contributed by atoms with Gasteiger partial charge < -0.3 is 28.8 Å². The molecule has 8 nitrogen and oxygen atoms in total. The number of carbonyl (C=O) groups is 1. The number of phosphoric acid groups is 1. The third kappa shape index (κ3) is 67.8. The lowest BCUT2D eigenvalue weighted by atomic mass is 10.0. The Labute approximate surface area is 518 Å². The molecule has 0 heterocycles. The van der Waals surface area contributed by atoms with Crippen LogP contribution < -0.4 is 10.2 Å². The van der Waals surface area contributed by atoms with Crippen LogP contribution in [0.15, 0.2) is 48.6 Å². The third-order valence-electron chi connectivity index (χ3n) is 16.7. The van der Waals surface area contributed by atoms with Crippen molar-refractivity contribution in [3.05, 3.63) is 48.6 Å². The first-order valence-electron chi connectivity index (χ1n) is 36.5. The maximum absolute atomic E-state index is 13.0. The molecule has 0 aliphatic rings. The molecule has 0 rings (SSSR count). The molecule has 9 heteroatoms. The van der Waals surface area contributed by atoms with Crippen LogP contribution in [0.5, 0.6) is 0 Å². The van der Waals surface area contributed by atoms with Crippen molar-refractivity contribution in [1.29, 1.82) is 0 Å². The summed E-state index contributed by atoms with van der Waals surface area (Å²) >= 11 is 0. The zero-order valence-electron chi connectivity index (χ0n) is 56.2. The number of hydrogen-bond acceptors (Lipinski definition) is 6. The number of unbranched alkanes of at least 4 members (excludes halogenated alkanes) is 49. The van der Waals surface area contributed by atoms with E-state index in [2.05, 4.69) is 55.6 Å². The Morgan fingerprint density at radius 2 is 0.675 bits per heavy atom. The van der Waals surface area contributed by atoms with E-state index in [1.807, 2.05) is 27.2 Å². The number of aliphatic hydroxyl groups excluding tert-OH is 1. The van der Waals surface area contributed by atoms with Crippen molar-refractivity contribution in [3.8, 4) is 0 Å². The summed E-state index contributed by atoms with van der Waals surface area (Å²) < 4.78 is 23.4. The summed E-state index contributed by atoms with van der Waals surface area (Å²) in [5, 5.41) is 13.9. The molecule has 0 aliphatic carbocycles. The van der Waals surface area contributed by atoms with Gasteiger partial charge in [-0.1, -0.05) is 339 Å². The van der Waals surface area contributed by atoms with Crippen LogP contribution in [0.25, 0.3) is 0 Å². The Morgan fingerprint density at radius 1 is 0.410 bits per heavy atom.